The lowest BCUT2D eigenvalue weighted by atomic mass is 9.76. The van der Waals surface area contributed by atoms with Crippen molar-refractivity contribution in [1.82, 2.24) is 4.98 Å². The summed E-state index contributed by atoms with van der Waals surface area (Å²) in [5.74, 6) is 1.22. The summed E-state index contributed by atoms with van der Waals surface area (Å²) in [5.41, 5.74) is 3.91. The van der Waals surface area contributed by atoms with Gasteiger partial charge in [-0.05, 0) is 49.7 Å². The second kappa shape index (κ2) is 4.70. The molecular formula is C18H22N2O. The first kappa shape index (κ1) is 13.1. The van der Waals surface area contributed by atoms with Crippen molar-refractivity contribution in [2.24, 2.45) is 16.8 Å². The molecule has 1 aromatic carbocycles. The van der Waals surface area contributed by atoms with Gasteiger partial charge in [0.1, 0.15) is 0 Å². The molecule has 3 aliphatic carbocycles. The Balaban J connectivity index is 1.54. The number of aliphatic hydroxyl groups is 1. The predicted octanol–water partition coefficient (Wildman–Crippen LogP) is 3.33. The number of benzene rings is 1. The van der Waals surface area contributed by atoms with Gasteiger partial charge in [0.05, 0.1) is 5.54 Å². The Bertz CT molecular complexity index is 694. The number of rotatable bonds is 4. The Morgan fingerprint density at radius 1 is 1.33 bits per heavy atom. The van der Waals surface area contributed by atoms with E-state index in [1.54, 1.807) is 0 Å². The lowest BCUT2D eigenvalue weighted by Gasteiger charge is -2.35. The minimum Gasteiger partial charge on any atom is -0.396 e. The van der Waals surface area contributed by atoms with E-state index in [1.165, 1.54) is 35.0 Å². The normalized spacial score (nSPS) is 31.6. The molecule has 2 bridgehead atoms. The summed E-state index contributed by atoms with van der Waals surface area (Å²) in [7, 11) is 0. The molecule has 1 unspecified atom stereocenters. The quantitative estimate of drug-likeness (QED) is 0.830. The van der Waals surface area contributed by atoms with Crippen molar-refractivity contribution in [3.05, 3.63) is 36.0 Å². The highest BCUT2D eigenvalue weighted by molar-refractivity contribution is 5.91. The molecule has 2 aromatic rings. The monoisotopic (exact) mass is 282 g/mol. The molecule has 5 rings (SSSR count). The van der Waals surface area contributed by atoms with Gasteiger partial charge in [0.2, 0.25) is 0 Å². The summed E-state index contributed by atoms with van der Waals surface area (Å²) in [6.45, 7) is 2.49. The average Bonchev–Trinajstić information content (AvgIpc) is 3.10. The molecule has 0 spiro atoms. The Morgan fingerprint density at radius 2 is 2.14 bits per heavy atom. The van der Waals surface area contributed by atoms with Gasteiger partial charge in [0, 0.05) is 35.8 Å². The standard InChI is InChI=1S/C18H22N2O/c1-12(20-18-7-14(8-18)15(9-18)11-21)6-13-10-19-17-5-3-2-4-16(13)17/h2-5,10,14-15,19,21H,6-9,11H2,1H3. The summed E-state index contributed by atoms with van der Waals surface area (Å²) in [6, 6.07) is 8.43. The van der Waals surface area contributed by atoms with Crippen LogP contribution in [0.25, 0.3) is 10.9 Å². The van der Waals surface area contributed by atoms with E-state index in [2.05, 4.69) is 42.4 Å². The third-order valence-electron chi connectivity index (χ3n) is 5.38. The second-order valence-corrected chi connectivity index (χ2v) is 6.92. The molecule has 0 amide bonds. The number of aliphatic imine (C=N–C) groups is 1. The van der Waals surface area contributed by atoms with E-state index in [1.807, 2.05) is 0 Å². The maximum absolute atomic E-state index is 9.38. The zero-order valence-electron chi connectivity index (χ0n) is 12.5. The molecule has 0 saturated heterocycles. The first-order valence-electron chi connectivity index (χ1n) is 7.90. The molecule has 1 atom stereocenters. The van der Waals surface area contributed by atoms with Crippen molar-refractivity contribution in [2.75, 3.05) is 6.61 Å². The number of fused-ring (bicyclic) bond motifs is 2. The summed E-state index contributed by atoms with van der Waals surface area (Å²) in [6.07, 6.45) is 6.47. The SMILES string of the molecule is CC(Cc1c[nH]c2ccccc12)=NC12CC(CO)C(C1)C2. The molecule has 3 aliphatic rings. The van der Waals surface area contributed by atoms with Gasteiger partial charge in [-0.25, -0.2) is 0 Å². The van der Waals surface area contributed by atoms with Crippen LogP contribution < -0.4 is 0 Å². The highest BCUT2D eigenvalue weighted by Gasteiger charge is 2.55. The summed E-state index contributed by atoms with van der Waals surface area (Å²) >= 11 is 0. The van der Waals surface area contributed by atoms with Gasteiger partial charge >= 0.3 is 0 Å². The minimum atomic E-state index is 0.161. The van der Waals surface area contributed by atoms with E-state index in [0.29, 0.717) is 12.5 Å². The van der Waals surface area contributed by atoms with E-state index >= 15 is 0 Å². The Hall–Kier alpha value is -1.61. The van der Waals surface area contributed by atoms with Crippen LogP contribution in [0.5, 0.6) is 0 Å². The van der Waals surface area contributed by atoms with Crippen molar-refractivity contribution in [1.29, 1.82) is 0 Å². The molecular weight excluding hydrogens is 260 g/mol. The lowest BCUT2D eigenvalue weighted by molar-refractivity contribution is 0.179. The van der Waals surface area contributed by atoms with Gasteiger partial charge in [-0.3, -0.25) is 4.99 Å². The topological polar surface area (TPSA) is 48.4 Å². The second-order valence-electron chi connectivity index (χ2n) is 6.92. The molecule has 1 aromatic heterocycles. The molecule has 0 aliphatic heterocycles. The van der Waals surface area contributed by atoms with Crippen LogP contribution in [0, 0.1) is 11.8 Å². The number of hydrogen-bond donors (Lipinski definition) is 2. The first-order chi connectivity index (χ1) is 10.2. The van der Waals surface area contributed by atoms with Crippen molar-refractivity contribution < 1.29 is 5.11 Å². The number of para-hydroxylation sites is 1. The van der Waals surface area contributed by atoms with Crippen LogP contribution in [0.1, 0.15) is 31.7 Å². The van der Waals surface area contributed by atoms with E-state index in [9.17, 15) is 5.11 Å². The van der Waals surface area contributed by atoms with Gasteiger partial charge in [-0.1, -0.05) is 18.2 Å². The molecule has 3 saturated carbocycles. The average molecular weight is 282 g/mol. The largest absolute Gasteiger partial charge is 0.396 e. The summed E-state index contributed by atoms with van der Waals surface area (Å²) < 4.78 is 0. The highest BCUT2D eigenvalue weighted by atomic mass is 16.3. The van der Waals surface area contributed by atoms with E-state index in [-0.39, 0.29) is 5.54 Å². The van der Waals surface area contributed by atoms with Gasteiger partial charge in [0.25, 0.3) is 0 Å². The molecule has 2 N–H and O–H groups in total. The van der Waals surface area contributed by atoms with Gasteiger partial charge in [-0.2, -0.15) is 0 Å². The summed E-state index contributed by atoms with van der Waals surface area (Å²) in [5, 5.41) is 10.7. The third kappa shape index (κ3) is 2.11. The molecule has 3 fully saturated rings. The van der Waals surface area contributed by atoms with Crippen LogP contribution in [0.2, 0.25) is 0 Å². The highest BCUT2D eigenvalue weighted by Crippen LogP contribution is 2.57. The van der Waals surface area contributed by atoms with Crippen LogP contribution >= 0.6 is 0 Å². The third-order valence-corrected chi connectivity index (χ3v) is 5.38. The van der Waals surface area contributed by atoms with Crippen LogP contribution in [-0.4, -0.2) is 27.9 Å². The first-order valence-corrected chi connectivity index (χ1v) is 7.90. The number of hydrogen-bond acceptors (Lipinski definition) is 2. The maximum Gasteiger partial charge on any atom is 0.0616 e. The van der Waals surface area contributed by atoms with Gasteiger partial charge in [-0.15, -0.1) is 0 Å². The van der Waals surface area contributed by atoms with Gasteiger partial charge < -0.3 is 10.1 Å². The van der Waals surface area contributed by atoms with Crippen LogP contribution in [-0.2, 0) is 6.42 Å². The molecule has 3 heteroatoms. The van der Waals surface area contributed by atoms with Gasteiger partial charge in [0.15, 0.2) is 0 Å². The predicted molar refractivity (Wildman–Crippen MR) is 85.8 cm³/mol. The number of nitrogens with zero attached hydrogens (tertiary/aromatic N) is 1. The van der Waals surface area contributed by atoms with E-state index < -0.39 is 0 Å². The number of aromatic nitrogens is 1. The van der Waals surface area contributed by atoms with Crippen molar-refractivity contribution >= 4 is 16.6 Å². The number of nitrogens with one attached hydrogen (secondary N) is 1. The van der Waals surface area contributed by atoms with Crippen molar-refractivity contribution in [3.63, 3.8) is 0 Å². The zero-order chi connectivity index (χ0) is 14.4. The smallest absolute Gasteiger partial charge is 0.0616 e. The Morgan fingerprint density at radius 3 is 2.90 bits per heavy atom. The Kier molecular flexibility index (Phi) is 2.93. The maximum atomic E-state index is 9.38. The number of aliphatic hydroxyl groups excluding tert-OH is 1. The van der Waals surface area contributed by atoms with Crippen LogP contribution in [0.3, 0.4) is 0 Å². The Labute approximate surface area is 125 Å². The molecule has 3 nitrogen and oxygen atoms in total. The summed E-state index contributed by atoms with van der Waals surface area (Å²) in [4.78, 5) is 8.38. The fourth-order valence-corrected chi connectivity index (χ4v) is 4.42. The fraction of sp³-hybridized carbons (Fsp3) is 0.500. The van der Waals surface area contributed by atoms with Crippen molar-refractivity contribution in [2.45, 2.75) is 38.1 Å². The van der Waals surface area contributed by atoms with E-state index in [0.717, 1.165) is 18.8 Å². The molecule has 110 valence electrons. The lowest BCUT2D eigenvalue weighted by Crippen LogP contribution is -2.34. The van der Waals surface area contributed by atoms with Crippen LogP contribution in [0.15, 0.2) is 35.5 Å². The molecule has 1 heterocycles. The zero-order valence-corrected chi connectivity index (χ0v) is 12.5. The van der Waals surface area contributed by atoms with Crippen molar-refractivity contribution in [3.8, 4) is 0 Å². The minimum absolute atomic E-state index is 0.161. The molecule has 0 radical (unpaired) electrons. The van der Waals surface area contributed by atoms with E-state index in [4.69, 9.17) is 4.99 Å². The number of H-pyrrole nitrogens is 1. The number of aromatic amines is 1. The molecule has 21 heavy (non-hydrogen) atoms. The van der Waals surface area contributed by atoms with Crippen LogP contribution in [0.4, 0.5) is 0 Å². The fourth-order valence-electron chi connectivity index (χ4n) is 4.42.